The summed E-state index contributed by atoms with van der Waals surface area (Å²) in [4.78, 5) is 69.0. The van der Waals surface area contributed by atoms with E-state index in [-0.39, 0.29) is 38.1 Å². The van der Waals surface area contributed by atoms with E-state index in [0.717, 1.165) is 17.3 Å². The summed E-state index contributed by atoms with van der Waals surface area (Å²) in [7, 11) is 0. The molecule has 7 N–H and O–H groups in total. The van der Waals surface area contributed by atoms with Crippen LogP contribution in [0.1, 0.15) is 69.9 Å². The summed E-state index contributed by atoms with van der Waals surface area (Å²) in [5, 5.41) is 52.2. The summed E-state index contributed by atoms with van der Waals surface area (Å²) in [5.74, 6) is -6.35. The summed E-state index contributed by atoms with van der Waals surface area (Å²) in [5.41, 5.74) is 0.678. The van der Waals surface area contributed by atoms with E-state index in [1.807, 2.05) is 0 Å². The van der Waals surface area contributed by atoms with Gasteiger partial charge < -0.3 is 31.1 Å². The Morgan fingerprint density at radius 1 is 0.814 bits per heavy atom. The maximum absolute atomic E-state index is 12.2. The third kappa shape index (κ3) is 17.4. The number of hydrogen-bond donors (Lipinski definition) is 7. The molecule has 0 aliphatic carbocycles. The van der Waals surface area contributed by atoms with Crippen molar-refractivity contribution in [3.63, 3.8) is 0 Å². The molecule has 1 unspecified atom stereocenters. The zero-order valence-electron chi connectivity index (χ0n) is 23.9. The van der Waals surface area contributed by atoms with Gasteiger partial charge in [0.15, 0.2) is 0 Å². The average Bonchev–Trinajstić information content (AvgIpc) is 3.38. The van der Waals surface area contributed by atoms with Gasteiger partial charge >= 0.3 is 23.9 Å². The largest absolute Gasteiger partial charge is 0.481 e. The van der Waals surface area contributed by atoms with Crippen molar-refractivity contribution in [3.05, 3.63) is 11.9 Å². The minimum absolute atomic E-state index is 0.143. The third-order valence-electron chi connectivity index (χ3n) is 6.47. The van der Waals surface area contributed by atoms with Crippen LogP contribution in [0.5, 0.6) is 0 Å². The summed E-state index contributed by atoms with van der Waals surface area (Å²) in [6, 6.07) is -2.11. The van der Waals surface area contributed by atoms with Crippen LogP contribution in [0.4, 0.5) is 0 Å². The number of aromatic nitrogens is 3. The highest BCUT2D eigenvalue weighted by Gasteiger charge is 2.22. The average molecular weight is 725 g/mol. The Hall–Kier alpha value is -3.35. The molecule has 43 heavy (non-hydrogen) atoms. The van der Waals surface area contributed by atoms with Crippen molar-refractivity contribution in [3.8, 4) is 0 Å². The van der Waals surface area contributed by atoms with Crippen molar-refractivity contribution in [1.82, 2.24) is 30.9 Å². The molecule has 0 aliphatic heterocycles. The van der Waals surface area contributed by atoms with Crippen LogP contribution in [0.25, 0.3) is 0 Å². The van der Waals surface area contributed by atoms with E-state index in [2.05, 4.69) is 48.9 Å². The van der Waals surface area contributed by atoms with Crippen LogP contribution < -0.4 is 16.0 Å². The van der Waals surface area contributed by atoms with Gasteiger partial charge in [0.1, 0.15) is 12.1 Å². The molecule has 0 bridgehead atoms. The number of carbonyl (C=O) groups is 6. The monoisotopic (exact) mass is 724 g/mol. The van der Waals surface area contributed by atoms with Gasteiger partial charge in [-0.25, -0.2) is 4.79 Å². The molecule has 0 spiro atoms. The van der Waals surface area contributed by atoms with Gasteiger partial charge in [0, 0.05) is 32.1 Å². The lowest BCUT2D eigenvalue weighted by Gasteiger charge is -2.15. The van der Waals surface area contributed by atoms with E-state index >= 15 is 0 Å². The Balaban J connectivity index is 2.34. The first-order valence-electron chi connectivity index (χ1n) is 14.1. The number of unbranched alkanes of at least 4 members (excludes halogenated alkanes) is 2. The fraction of sp³-hybridized carbons (Fsp3) is 0.692. The number of aryl methyl sites for hydroxylation is 2. The number of nitrogens with zero attached hydrogens (tertiary/aromatic N) is 3. The maximum atomic E-state index is 12.2. The highest BCUT2D eigenvalue weighted by molar-refractivity contribution is 14.1. The number of amides is 2. The standard InChI is InChI=1S/C26H41IN6O10/c27-12-3-1-8-20(26(42)43)30-21(34)9-5-7-18-16-33(32-31-18)13-4-2-6-17(24(38)39)14-29-22(35)15-28-19(25(40)41)10-11-23(36)37/h16-17,19-20,28H,1-15H2,(H,29,35)(H,30,34)(H,36,37)(H,38,39)(H,40,41)(H,42,43)/t17-,19+,20?/m1/s1. The van der Waals surface area contributed by atoms with Crippen molar-refractivity contribution < 1.29 is 49.2 Å². The molecule has 0 aliphatic rings. The van der Waals surface area contributed by atoms with Crippen LogP contribution in [-0.2, 0) is 41.7 Å². The van der Waals surface area contributed by atoms with Crippen LogP contribution in [-0.4, -0.2) is 101 Å². The fourth-order valence-corrected chi connectivity index (χ4v) is 4.57. The van der Waals surface area contributed by atoms with Gasteiger partial charge in [-0.1, -0.05) is 40.6 Å². The minimum Gasteiger partial charge on any atom is -0.481 e. The molecule has 1 aromatic rings. The first kappa shape index (κ1) is 37.7. The number of rotatable bonds is 25. The number of alkyl halides is 1. The first-order valence-corrected chi connectivity index (χ1v) is 15.6. The summed E-state index contributed by atoms with van der Waals surface area (Å²) in [6.07, 6.45) is 5.71. The number of halogens is 1. The number of hydrogen-bond acceptors (Lipinski definition) is 9. The van der Waals surface area contributed by atoms with E-state index < -0.39 is 54.3 Å². The molecule has 2 amide bonds. The van der Waals surface area contributed by atoms with Crippen molar-refractivity contribution in [1.29, 1.82) is 0 Å². The Labute approximate surface area is 262 Å². The van der Waals surface area contributed by atoms with Gasteiger partial charge in [-0.15, -0.1) is 5.10 Å². The number of nitrogens with one attached hydrogen (secondary N) is 3. The van der Waals surface area contributed by atoms with Gasteiger partial charge in [-0.05, 0) is 49.4 Å². The van der Waals surface area contributed by atoms with E-state index in [9.17, 15) is 39.0 Å². The Bertz CT molecular complexity index is 1070. The lowest BCUT2D eigenvalue weighted by atomic mass is 10.0. The Kier molecular flexibility index (Phi) is 18.7. The summed E-state index contributed by atoms with van der Waals surface area (Å²) < 4.78 is 2.55. The van der Waals surface area contributed by atoms with Gasteiger partial charge in [0.2, 0.25) is 11.8 Å². The molecule has 3 atom stereocenters. The van der Waals surface area contributed by atoms with Gasteiger partial charge in [-0.3, -0.25) is 34.0 Å². The zero-order valence-corrected chi connectivity index (χ0v) is 26.0. The SMILES string of the molecule is O=C(O)CC[C@H](NCC(=O)NC[C@@H](CCCCn1cc(CCCC(=O)NC(CCCCI)C(=O)O)nn1)C(=O)O)C(=O)O. The molecule has 242 valence electrons. The normalized spacial score (nSPS) is 13.0. The molecule has 17 heteroatoms. The fourth-order valence-electron chi connectivity index (χ4n) is 4.03. The quantitative estimate of drug-likeness (QED) is 0.0417. The smallest absolute Gasteiger partial charge is 0.326 e. The molecule has 1 aromatic heterocycles. The predicted octanol–water partition coefficient (Wildman–Crippen LogP) is 0.670. The molecule has 16 nitrogen and oxygen atoms in total. The van der Waals surface area contributed by atoms with E-state index in [4.69, 9.17) is 10.2 Å². The van der Waals surface area contributed by atoms with Crippen molar-refractivity contribution >= 4 is 58.3 Å². The second-order valence-corrected chi connectivity index (χ2v) is 11.1. The Morgan fingerprint density at radius 3 is 2.14 bits per heavy atom. The molecule has 1 heterocycles. The van der Waals surface area contributed by atoms with Crippen LogP contribution in [0.15, 0.2) is 6.20 Å². The van der Waals surface area contributed by atoms with Gasteiger partial charge in [0.05, 0.1) is 18.2 Å². The van der Waals surface area contributed by atoms with E-state index in [0.29, 0.717) is 44.3 Å². The summed E-state index contributed by atoms with van der Waals surface area (Å²) in [6.45, 7) is -0.0557. The molecule has 1 rings (SSSR count). The third-order valence-corrected chi connectivity index (χ3v) is 7.23. The second-order valence-electron chi connectivity index (χ2n) is 10.0. The number of carboxylic acids is 4. The van der Waals surface area contributed by atoms with Crippen molar-refractivity contribution in [2.24, 2.45) is 5.92 Å². The molecular formula is C26H41IN6O10. The number of aliphatic carboxylic acids is 4. The lowest BCUT2D eigenvalue weighted by molar-refractivity contribution is -0.142. The first-order chi connectivity index (χ1) is 20.4. The predicted molar refractivity (Wildman–Crippen MR) is 160 cm³/mol. The molecular weight excluding hydrogens is 683 g/mol. The van der Waals surface area contributed by atoms with E-state index in [1.165, 1.54) is 0 Å². The summed E-state index contributed by atoms with van der Waals surface area (Å²) >= 11 is 2.22. The molecule has 0 saturated heterocycles. The van der Waals surface area contributed by atoms with Crippen LogP contribution in [0.3, 0.4) is 0 Å². The van der Waals surface area contributed by atoms with Crippen molar-refractivity contribution in [2.45, 2.75) is 89.3 Å². The topological polar surface area (TPSA) is 250 Å². The Morgan fingerprint density at radius 2 is 1.51 bits per heavy atom. The molecule has 0 aromatic carbocycles. The highest BCUT2D eigenvalue weighted by atomic mass is 127. The lowest BCUT2D eigenvalue weighted by Crippen LogP contribution is -2.44. The van der Waals surface area contributed by atoms with Crippen molar-refractivity contribution in [2.75, 3.05) is 17.5 Å². The number of carbonyl (C=O) groups excluding carboxylic acids is 2. The minimum atomic E-state index is -1.29. The van der Waals surface area contributed by atoms with Gasteiger partial charge in [0.25, 0.3) is 0 Å². The van der Waals surface area contributed by atoms with E-state index in [1.54, 1.807) is 10.9 Å². The maximum Gasteiger partial charge on any atom is 0.326 e. The van der Waals surface area contributed by atoms with Crippen LogP contribution in [0.2, 0.25) is 0 Å². The van der Waals surface area contributed by atoms with Crippen LogP contribution >= 0.6 is 22.6 Å². The second kappa shape index (κ2) is 21.4. The molecule has 0 fully saturated rings. The van der Waals surface area contributed by atoms with Gasteiger partial charge in [-0.2, -0.15) is 0 Å². The highest BCUT2D eigenvalue weighted by Crippen LogP contribution is 2.10. The van der Waals surface area contributed by atoms with Crippen LogP contribution in [0, 0.1) is 5.92 Å². The molecule has 0 saturated carbocycles. The zero-order chi connectivity index (χ0) is 32.2. The molecule has 0 radical (unpaired) electrons. The number of carboxylic acid groups (broad SMARTS) is 4.